The van der Waals surface area contributed by atoms with Gasteiger partial charge in [-0.2, -0.15) is 30.7 Å². The lowest BCUT2D eigenvalue weighted by Gasteiger charge is -2.28. The third-order valence-electron chi connectivity index (χ3n) is 1.70. The second-order valence-electron chi connectivity index (χ2n) is 3.18. The minimum absolute atomic E-state index is 0.579. The lowest BCUT2D eigenvalue weighted by atomic mass is 10.3. The van der Waals surface area contributed by atoms with Gasteiger partial charge in [-0.1, -0.05) is 0 Å². The number of halogens is 7. The monoisotopic (exact) mass is 276 g/mol. The molecular formula is C6H7F7O2S. The van der Waals surface area contributed by atoms with E-state index in [9.17, 15) is 39.2 Å². The van der Waals surface area contributed by atoms with Gasteiger partial charge in [0.25, 0.3) is 0 Å². The van der Waals surface area contributed by atoms with Crippen LogP contribution in [0.5, 0.6) is 0 Å². The molecule has 0 spiro atoms. The van der Waals surface area contributed by atoms with Crippen LogP contribution in [0.3, 0.4) is 0 Å². The molecule has 10 heteroatoms. The molecule has 0 aromatic rings. The average molecular weight is 276 g/mol. The lowest BCUT2D eigenvalue weighted by molar-refractivity contribution is -0.332. The lowest BCUT2D eigenvalue weighted by Crippen LogP contribution is -2.57. The predicted octanol–water partition coefficient (Wildman–Crippen LogP) is 2.60. The van der Waals surface area contributed by atoms with Crippen LogP contribution in [0, 0.1) is 0 Å². The van der Waals surface area contributed by atoms with Crippen molar-refractivity contribution < 1.29 is 39.2 Å². The van der Waals surface area contributed by atoms with Crippen molar-refractivity contribution in [3.8, 4) is 0 Å². The van der Waals surface area contributed by atoms with Crippen molar-refractivity contribution in [2.24, 2.45) is 0 Å². The van der Waals surface area contributed by atoms with Gasteiger partial charge in [-0.25, -0.2) is 8.42 Å². The number of sulfone groups is 1. The highest BCUT2D eigenvalue weighted by molar-refractivity contribution is 7.93. The third kappa shape index (κ3) is 1.98. The van der Waals surface area contributed by atoms with Gasteiger partial charge in [-0.15, -0.1) is 0 Å². The maximum Gasteiger partial charge on any atom is 0.461 e. The molecule has 98 valence electrons. The first-order chi connectivity index (χ1) is 6.69. The van der Waals surface area contributed by atoms with Crippen molar-refractivity contribution in [3.05, 3.63) is 0 Å². The van der Waals surface area contributed by atoms with Crippen LogP contribution in [0.25, 0.3) is 0 Å². The summed E-state index contributed by atoms with van der Waals surface area (Å²) in [7, 11) is -5.92. The maximum atomic E-state index is 12.7. The van der Waals surface area contributed by atoms with Crippen LogP contribution in [0.4, 0.5) is 30.7 Å². The van der Waals surface area contributed by atoms with E-state index < -0.39 is 32.4 Å². The molecule has 0 saturated heterocycles. The van der Waals surface area contributed by atoms with Crippen molar-refractivity contribution >= 4 is 9.84 Å². The summed E-state index contributed by atoms with van der Waals surface area (Å²) in [5, 5.41) is -8.25. The fraction of sp³-hybridized carbons (Fsp3) is 1.00. The molecule has 0 aromatic heterocycles. The zero-order chi connectivity index (χ0) is 13.6. The molecule has 0 fully saturated rings. The summed E-state index contributed by atoms with van der Waals surface area (Å²) in [6, 6.07) is 0. The Balaban J connectivity index is 5.73. The van der Waals surface area contributed by atoms with Gasteiger partial charge < -0.3 is 0 Å². The Bertz CT molecular complexity index is 354. The molecule has 0 atom stereocenters. The Labute approximate surface area is 86.3 Å². The largest absolute Gasteiger partial charge is 0.461 e. The van der Waals surface area contributed by atoms with Crippen LogP contribution < -0.4 is 0 Å². The van der Waals surface area contributed by atoms with Crippen molar-refractivity contribution in [3.63, 3.8) is 0 Å². The van der Waals surface area contributed by atoms with E-state index in [4.69, 9.17) is 0 Å². The van der Waals surface area contributed by atoms with E-state index in [0.29, 0.717) is 13.8 Å². The Morgan fingerprint density at radius 2 is 1.19 bits per heavy atom. The first kappa shape index (κ1) is 15.5. The van der Waals surface area contributed by atoms with Crippen LogP contribution in [0.1, 0.15) is 13.8 Å². The van der Waals surface area contributed by atoms with Crippen molar-refractivity contribution in [1.29, 1.82) is 0 Å². The van der Waals surface area contributed by atoms with Crippen LogP contribution in [0.15, 0.2) is 0 Å². The molecule has 0 bridgehead atoms. The molecular weight excluding hydrogens is 269 g/mol. The Morgan fingerprint density at radius 3 is 1.38 bits per heavy atom. The van der Waals surface area contributed by atoms with Gasteiger partial charge >= 0.3 is 17.4 Å². The minimum Gasteiger partial charge on any atom is -0.222 e. The zero-order valence-corrected chi connectivity index (χ0v) is 8.76. The molecule has 0 aliphatic heterocycles. The zero-order valence-electron chi connectivity index (χ0n) is 7.95. The van der Waals surface area contributed by atoms with Gasteiger partial charge in [0.1, 0.15) is 0 Å². The minimum atomic E-state index is -6.64. The summed E-state index contributed by atoms with van der Waals surface area (Å²) in [6.45, 7) is 1.16. The van der Waals surface area contributed by atoms with Crippen LogP contribution in [-0.4, -0.2) is 31.0 Å². The molecule has 0 rings (SSSR count). The van der Waals surface area contributed by atoms with E-state index in [0.717, 1.165) is 0 Å². The van der Waals surface area contributed by atoms with Gasteiger partial charge in [-0.05, 0) is 13.8 Å². The predicted molar refractivity (Wildman–Crippen MR) is 40.0 cm³/mol. The molecule has 0 heterocycles. The third-order valence-corrected chi connectivity index (χ3v) is 3.91. The SMILES string of the molecule is CC(C)S(=O)(=O)C(F)(F)C(F)(F)C(F)(F)F. The standard InChI is InChI=1S/C6H7F7O2S/c1-3(2)16(14,15)6(12,13)4(7,8)5(9,10)11/h3H,1-2H3. The Hall–Kier alpha value is -0.540. The molecule has 0 N–H and O–H groups in total. The van der Waals surface area contributed by atoms with E-state index in [1.807, 2.05) is 0 Å². The van der Waals surface area contributed by atoms with Gasteiger partial charge in [-0.3, -0.25) is 0 Å². The quantitative estimate of drug-likeness (QED) is 0.742. The highest BCUT2D eigenvalue weighted by Crippen LogP contribution is 2.49. The van der Waals surface area contributed by atoms with E-state index in [1.165, 1.54) is 0 Å². The molecule has 0 unspecified atom stereocenters. The highest BCUT2D eigenvalue weighted by atomic mass is 32.2. The van der Waals surface area contributed by atoms with Crippen LogP contribution >= 0.6 is 0 Å². The summed E-state index contributed by atoms with van der Waals surface area (Å²) < 4.78 is 106. The fourth-order valence-electron chi connectivity index (χ4n) is 0.640. The van der Waals surface area contributed by atoms with Gasteiger partial charge in [0, 0.05) is 0 Å². The highest BCUT2D eigenvalue weighted by Gasteiger charge is 2.78. The normalized spacial score (nSPS) is 15.6. The molecule has 0 amide bonds. The molecule has 2 nitrogen and oxygen atoms in total. The second kappa shape index (κ2) is 3.74. The van der Waals surface area contributed by atoms with E-state index >= 15 is 0 Å². The maximum absolute atomic E-state index is 12.7. The average Bonchev–Trinajstić information content (AvgIpc) is 2.00. The number of alkyl halides is 7. The van der Waals surface area contributed by atoms with E-state index in [1.54, 1.807) is 0 Å². The summed E-state index contributed by atoms with van der Waals surface area (Å²) >= 11 is 0. The first-order valence-corrected chi connectivity index (χ1v) is 5.30. The molecule has 0 aromatic carbocycles. The van der Waals surface area contributed by atoms with E-state index in [-0.39, 0.29) is 0 Å². The van der Waals surface area contributed by atoms with Gasteiger partial charge in [0.15, 0.2) is 0 Å². The summed E-state index contributed by atoms with van der Waals surface area (Å²) in [5.41, 5.74) is 0. The molecule has 0 aliphatic carbocycles. The van der Waals surface area contributed by atoms with Crippen LogP contribution in [-0.2, 0) is 9.84 Å². The number of rotatable bonds is 3. The number of hydrogen-bond donors (Lipinski definition) is 0. The van der Waals surface area contributed by atoms with Crippen molar-refractivity contribution in [1.82, 2.24) is 0 Å². The first-order valence-electron chi connectivity index (χ1n) is 3.75. The van der Waals surface area contributed by atoms with Gasteiger partial charge in [0.05, 0.1) is 5.25 Å². The van der Waals surface area contributed by atoms with Gasteiger partial charge in [0.2, 0.25) is 9.84 Å². The fourth-order valence-corrected chi connectivity index (χ4v) is 1.70. The van der Waals surface area contributed by atoms with E-state index in [2.05, 4.69) is 0 Å². The smallest absolute Gasteiger partial charge is 0.222 e. The van der Waals surface area contributed by atoms with Crippen LogP contribution in [0.2, 0.25) is 0 Å². The Kier molecular flexibility index (Phi) is 3.62. The Morgan fingerprint density at radius 1 is 0.875 bits per heavy atom. The summed E-state index contributed by atoms with van der Waals surface area (Å²) in [6.07, 6.45) is -6.64. The molecule has 16 heavy (non-hydrogen) atoms. The topological polar surface area (TPSA) is 34.1 Å². The summed E-state index contributed by atoms with van der Waals surface area (Å²) in [4.78, 5) is 0. The number of hydrogen-bond acceptors (Lipinski definition) is 2. The van der Waals surface area contributed by atoms with Crippen molar-refractivity contribution in [2.75, 3.05) is 0 Å². The molecule has 0 saturated carbocycles. The molecule has 0 radical (unpaired) electrons. The molecule has 0 aliphatic rings. The second-order valence-corrected chi connectivity index (χ2v) is 5.73. The van der Waals surface area contributed by atoms with Crippen molar-refractivity contribution in [2.45, 2.75) is 36.5 Å². The summed E-state index contributed by atoms with van der Waals surface area (Å²) in [5.74, 6) is -6.62.